The highest BCUT2D eigenvalue weighted by molar-refractivity contribution is 6.05. The molecule has 3 aromatic carbocycles. The highest BCUT2D eigenvalue weighted by Gasteiger charge is 2.13. The van der Waals surface area contributed by atoms with Gasteiger partial charge in [0, 0.05) is 47.8 Å². The molecule has 0 saturated heterocycles. The normalized spacial score (nSPS) is 11.3. The van der Waals surface area contributed by atoms with Gasteiger partial charge in [0.1, 0.15) is 11.5 Å². The van der Waals surface area contributed by atoms with Gasteiger partial charge < -0.3 is 29.6 Å². The number of ether oxygens (including phenoxy) is 4. The summed E-state index contributed by atoms with van der Waals surface area (Å²) in [6, 6.07) is 18.5. The first kappa shape index (κ1) is 53.6. The number of carbonyl (C=O) groups is 2. The van der Waals surface area contributed by atoms with Gasteiger partial charge in [-0.25, -0.2) is 0 Å². The number of anilines is 2. The number of carbonyl (C=O) groups excluding carboxylic acids is 2. The average Bonchev–Trinajstić information content (AvgIpc) is 3.31. The van der Waals surface area contributed by atoms with E-state index in [0.29, 0.717) is 60.4 Å². The Morgan fingerprint density at radius 1 is 0.391 bits per heavy atom. The molecule has 0 aliphatic rings. The number of allylic oxidation sites excluding steroid dienone is 2. The van der Waals surface area contributed by atoms with Crippen molar-refractivity contribution in [1.29, 1.82) is 0 Å². The van der Waals surface area contributed by atoms with E-state index in [2.05, 4.69) is 38.3 Å². The summed E-state index contributed by atoms with van der Waals surface area (Å²) in [5, 5.41) is 6.64. The van der Waals surface area contributed by atoms with E-state index in [9.17, 15) is 9.59 Å². The summed E-state index contributed by atoms with van der Waals surface area (Å²) in [5.41, 5.74) is 2.50. The standard InChI is InChI=1S/C56H84N2O6/c1-5-9-13-17-21-25-41-61-49-33-29-47(30-34-49)53(59)37-39-57-51-45-55(63-43-27-23-19-15-11-7-3)56(64-44-28-24-20-16-12-8-4)46-52(51)58-40-38-54(60)48-31-35-50(36-32-48)62-42-26-22-18-14-10-6-2/h29-40,45-46,57-58H,5-28,41-44H2,1-4H3/b39-37+,40-38+. The van der Waals surface area contributed by atoms with Crippen LogP contribution < -0.4 is 29.6 Å². The molecule has 0 fully saturated rings. The summed E-state index contributed by atoms with van der Waals surface area (Å²) >= 11 is 0. The molecule has 3 rings (SSSR count). The van der Waals surface area contributed by atoms with Gasteiger partial charge in [-0.1, -0.05) is 156 Å². The van der Waals surface area contributed by atoms with Gasteiger partial charge in [-0.05, 0) is 74.2 Å². The van der Waals surface area contributed by atoms with Crippen LogP contribution in [0.2, 0.25) is 0 Å². The zero-order valence-electron chi connectivity index (χ0n) is 40.3. The van der Waals surface area contributed by atoms with Crippen LogP contribution in [0.15, 0.2) is 85.2 Å². The highest BCUT2D eigenvalue weighted by atomic mass is 16.5. The van der Waals surface area contributed by atoms with E-state index in [1.807, 2.05) is 36.4 Å². The number of nitrogens with one attached hydrogen (secondary N) is 2. The maximum atomic E-state index is 13.3. The second-order valence-corrected chi connectivity index (χ2v) is 17.0. The predicted molar refractivity (Wildman–Crippen MR) is 269 cm³/mol. The Balaban J connectivity index is 1.73. The number of unbranched alkanes of at least 4 members (excludes halogenated alkanes) is 20. The third-order valence-electron chi connectivity index (χ3n) is 11.4. The first-order valence-corrected chi connectivity index (χ1v) is 25.3. The first-order chi connectivity index (χ1) is 31.5. The van der Waals surface area contributed by atoms with Crippen molar-refractivity contribution in [3.8, 4) is 23.0 Å². The summed E-state index contributed by atoms with van der Waals surface area (Å²) < 4.78 is 24.7. The molecule has 3 aromatic rings. The molecule has 0 saturated carbocycles. The van der Waals surface area contributed by atoms with E-state index >= 15 is 0 Å². The Labute approximate surface area is 388 Å². The van der Waals surface area contributed by atoms with Gasteiger partial charge in [-0.2, -0.15) is 0 Å². The molecule has 64 heavy (non-hydrogen) atoms. The fraction of sp³-hybridized carbons (Fsp3) is 0.571. The monoisotopic (exact) mass is 881 g/mol. The van der Waals surface area contributed by atoms with Crippen molar-refractivity contribution in [2.75, 3.05) is 37.1 Å². The zero-order valence-corrected chi connectivity index (χ0v) is 40.3. The summed E-state index contributed by atoms with van der Waals surface area (Å²) in [4.78, 5) is 26.5. The molecule has 0 bridgehead atoms. The van der Waals surface area contributed by atoms with Crippen molar-refractivity contribution >= 4 is 22.9 Å². The van der Waals surface area contributed by atoms with Crippen LogP contribution in [0.1, 0.15) is 203 Å². The molecule has 0 aliphatic carbocycles. The molecule has 0 aliphatic heterocycles. The van der Waals surface area contributed by atoms with Gasteiger partial charge in [0.15, 0.2) is 23.1 Å². The van der Waals surface area contributed by atoms with Crippen molar-refractivity contribution in [2.45, 2.75) is 182 Å². The van der Waals surface area contributed by atoms with Gasteiger partial charge in [0.25, 0.3) is 0 Å². The van der Waals surface area contributed by atoms with E-state index in [-0.39, 0.29) is 11.6 Å². The van der Waals surface area contributed by atoms with Gasteiger partial charge in [0.05, 0.1) is 37.8 Å². The van der Waals surface area contributed by atoms with Crippen LogP contribution in [-0.2, 0) is 0 Å². The molecule has 0 amide bonds. The van der Waals surface area contributed by atoms with Crippen LogP contribution in [-0.4, -0.2) is 38.0 Å². The number of hydrogen-bond donors (Lipinski definition) is 2. The molecular weight excluding hydrogens is 797 g/mol. The summed E-state index contributed by atoms with van der Waals surface area (Å²) in [6.07, 6.45) is 34.9. The van der Waals surface area contributed by atoms with Crippen molar-refractivity contribution < 1.29 is 28.5 Å². The van der Waals surface area contributed by atoms with Gasteiger partial charge in [-0.3, -0.25) is 9.59 Å². The molecule has 8 heteroatoms. The zero-order chi connectivity index (χ0) is 45.7. The number of ketones is 2. The summed E-state index contributed by atoms with van der Waals surface area (Å²) in [5.74, 6) is 2.56. The minimum absolute atomic E-state index is 0.132. The Bertz CT molecular complexity index is 1590. The molecule has 354 valence electrons. The topological polar surface area (TPSA) is 95.1 Å². The van der Waals surface area contributed by atoms with Crippen LogP contribution in [0.5, 0.6) is 23.0 Å². The van der Waals surface area contributed by atoms with Crippen LogP contribution in [0.25, 0.3) is 0 Å². The third-order valence-corrected chi connectivity index (χ3v) is 11.4. The second kappa shape index (κ2) is 35.6. The Morgan fingerprint density at radius 3 is 0.984 bits per heavy atom. The number of hydrogen-bond acceptors (Lipinski definition) is 8. The third kappa shape index (κ3) is 23.8. The van der Waals surface area contributed by atoms with Crippen molar-refractivity contribution in [3.05, 3.63) is 96.3 Å². The Hall–Kier alpha value is -4.72. The van der Waals surface area contributed by atoms with E-state index in [1.165, 1.54) is 128 Å². The lowest BCUT2D eigenvalue weighted by atomic mass is 10.1. The minimum Gasteiger partial charge on any atom is -0.494 e. The fourth-order valence-electron chi connectivity index (χ4n) is 7.34. The molecule has 2 N–H and O–H groups in total. The minimum atomic E-state index is -0.132. The van der Waals surface area contributed by atoms with E-state index in [0.717, 1.165) is 50.0 Å². The second-order valence-electron chi connectivity index (χ2n) is 17.0. The van der Waals surface area contributed by atoms with Crippen molar-refractivity contribution in [3.63, 3.8) is 0 Å². The molecule has 8 nitrogen and oxygen atoms in total. The quantitative estimate of drug-likeness (QED) is 0.0331. The van der Waals surface area contributed by atoms with E-state index in [1.54, 1.807) is 36.7 Å². The van der Waals surface area contributed by atoms with E-state index in [4.69, 9.17) is 18.9 Å². The van der Waals surface area contributed by atoms with Crippen LogP contribution in [0, 0.1) is 0 Å². The molecule has 0 unspecified atom stereocenters. The van der Waals surface area contributed by atoms with Crippen molar-refractivity contribution in [2.24, 2.45) is 0 Å². The summed E-state index contributed by atoms with van der Waals surface area (Å²) in [7, 11) is 0. The number of benzene rings is 3. The molecule has 0 radical (unpaired) electrons. The maximum Gasteiger partial charge on any atom is 0.187 e. The van der Waals surface area contributed by atoms with Crippen LogP contribution in [0.3, 0.4) is 0 Å². The molecule has 0 aromatic heterocycles. The maximum absolute atomic E-state index is 13.3. The Morgan fingerprint density at radius 2 is 0.672 bits per heavy atom. The van der Waals surface area contributed by atoms with E-state index < -0.39 is 0 Å². The number of rotatable bonds is 40. The smallest absolute Gasteiger partial charge is 0.187 e. The molecule has 0 atom stereocenters. The fourth-order valence-corrected chi connectivity index (χ4v) is 7.34. The Kier molecular flexibility index (Phi) is 29.8. The van der Waals surface area contributed by atoms with Gasteiger partial charge in [-0.15, -0.1) is 0 Å². The largest absolute Gasteiger partial charge is 0.494 e. The molecule has 0 spiro atoms. The summed E-state index contributed by atoms with van der Waals surface area (Å²) in [6.45, 7) is 11.4. The first-order valence-electron chi connectivity index (χ1n) is 25.3. The molecule has 0 heterocycles. The lowest BCUT2D eigenvalue weighted by Gasteiger charge is -2.18. The predicted octanol–water partition coefficient (Wildman–Crippen LogP) is 16.3. The lowest BCUT2D eigenvalue weighted by Crippen LogP contribution is -2.06. The van der Waals surface area contributed by atoms with Crippen LogP contribution >= 0.6 is 0 Å². The molecular formula is C56H84N2O6. The van der Waals surface area contributed by atoms with Gasteiger partial charge in [0.2, 0.25) is 0 Å². The van der Waals surface area contributed by atoms with Crippen LogP contribution in [0.4, 0.5) is 11.4 Å². The lowest BCUT2D eigenvalue weighted by molar-refractivity contribution is 0.103. The van der Waals surface area contributed by atoms with Gasteiger partial charge >= 0.3 is 0 Å². The van der Waals surface area contributed by atoms with Crippen molar-refractivity contribution in [1.82, 2.24) is 0 Å². The average molecular weight is 881 g/mol. The SMILES string of the molecule is CCCCCCCCOc1ccc(C(=O)/C=C/Nc2cc(OCCCCCCCC)c(OCCCCCCCC)cc2N/C=C/C(=O)c2ccc(OCCCCCCCC)cc2)cc1. The highest BCUT2D eigenvalue weighted by Crippen LogP contribution is 2.38.